The lowest BCUT2D eigenvalue weighted by Gasteiger charge is -2.18. The van der Waals surface area contributed by atoms with Crippen LogP contribution < -0.4 is 4.74 Å². The molecular weight excluding hydrogens is 339 g/mol. The van der Waals surface area contributed by atoms with E-state index in [1.54, 1.807) is 12.4 Å². The highest BCUT2D eigenvalue weighted by Crippen LogP contribution is 2.25. The Hall–Kier alpha value is -1.17. The van der Waals surface area contributed by atoms with Gasteiger partial charge in [-0.25, -0.2) is 9.97 Å². The smallest absolute Gasteiger partial charge is 0.321 e. The number of hydrogen-bond acceptors (Lipinski definition) is 3. The molecule has 3 nitrogen and oxygen atoms in total. The Balaban J connectivity index is 2.13. The van der Waals surface area contributed by atoms with E-state index in [1.807, 2.05) is 12.1 Å². The van der Waals surface area contributed by atoms with Crippen LogP contribution in [0.3, 0.4) is 0 Å². The first-order valence-corrected chi connectivity index (χ1v) is 6.79. The fourth-order valence-electron chi connectivity index (χ4n) is 1.48. The average molecular weight is 354 g/mol. The zero-order chi connectivity index (χ0) is 13.2. The summed E-state index contributed by atoms with van der Waals surface area (Å²) in [5.41, 5.74) is 1.43. The number of halogens is 1. The second-order valence-electron chi connectivity index (χ2n) is 5.06. The highest BCUT2D eigenvalue weighted by Gasteiger charge is 2.13. The Morgan fingerprint density at radius 3 is 2.06 bits per heavy atom. The first kappa shape index (κ1) is 13.3. The van der Waals surface area contributed by atoms with E-state index < -0.39 is 0 Å². The third kappa shape index (κ3) is 3.41. The van der Waals surface area contributed by atoms with E-state index in [1.165, 1.54) is 5.56 Å². The molecule has 0 fully saturated rings. The van der Waals surface area contributed by atoms with E-state index in [2.05, 4.69) is 65.5 Å². The normalized spacial score (nSPS) is 11.3. The number of nitrogens with zero attached hydrogens (tertiary/aromatic N) is 2. The lowest BCUT2D eigenvalue weighted by Crippen LogP contribution is -2.10. The van der Waals surface area contributed by atoms with Gasteiger partial charge in [0.1, 0.15) is 5.75 Å². The van der Waals surface area contributed by atoms with Gasteiger partial charge in [-0.3, -0.25) is 0 Å². The first-order chi connectivity index (χ1) is 8.45. The van der Waals surface area contributed by atoms with Crippen LogP contribution in [0.4, 0.5) is 0 Å². The van der Waals surface area contributed by atoms with Gasteiger partial charge >= 0.3 is 6.01 Å². The van der Waals surface area contributed by atoms with Gasteiger partial charge in [-0.1, -0.05) is 32.9 Å². The quantitative estimate of drug-likeness (QED) is 0.760. The number of benzene rings is 1. The summed E-state index contributed by atoms with van der Waals surface area (Å²) in [7, 11) is 0. The predicted molar refractivity (Wildman–Crippen MR) is 80.0 cm³/mol. The summed E-state index contributed by atoms with van der Waals surface area (Å²) in [6.45, 7) is 6.56. The van der Waals surface area contributed by atoms with E-state index in [4.69, 9.17) is 4.74 Å². The van der Waals surface area contributed by atoms with Gasteiger partial charge in [0.25, 0.3) is 0 Å². The maximum absolute atomic E-state index is 5.58. The van der Waals surface area contributed by atoms with Crippen molar-refractivity contribution in [1.29, 1.82) is 0 Å². The van der Waals surface area contributed by atoms with Crippen molar-refractivity contribution >= 4 is 22.6 Å². The SMILES string of the molecule is CC(C)(C)c1ccc(Oc2ncc(I)cn2)cc1. The average Bonchev–Trinajstić information content (AvgIpc) is 2.32. The molecule has 0 aliphatic heterocycles. The Kier molecular flexibility index (Phi) is 3.85. The molecule has 2 rings (SSSR count). The third-order valence-corrected chi connectivity index (χ3v) is 3.08. The van der Waals surface area contributed by atoms with Crippen molar-refractivity contribution in [3.05, 3.63) is 45.8 Å². The Bertz CT molecular complexity index is 515. The summed E-state index contributed by atoms with van der Waals surface area (Å²) in [6, 6.07) is 8.41. The molecule has 0 atom stereocenters. The highest BCUT2D eigenvalue weighted by molar-refractivity contribution is 14.1. The molecule has 0 bridgehead atoms. The van der Waals surface area contributed by atoms with Crippen LogP contribution in [0.5, 0.6) is 11.8 Å². The van der Waals surface area contributed by atoms with Crippen molar-refractivity contribution in [2.24, 2.45) is 0 Å². The maximum atomic E-state index is 5.58. The molecule has 1 heterocycles. The van der Waals surface area contributed by atoms with E-state index in [-0.39, 0.29) is 5.41 Å². The van der Waals surface area contributed by atoms with Crippen LogP contribution in [-0.4, -0.2) is 9.97 Å². The van der Waals surface area contributed by atoms with Gasteiger partial charge in [0, 0.05) is 16.0 Å². The second-order valence-corrected chi connectivity index (χ2v) is 6.31. The molecule has 2 aromatic rings. The molecule has 18 heavy (non-hydrogen) atoms. The van der Waals surface area contributed by atoms with E-state index in [0.717, 1.165) is 9.32 Å². The molecule has 0 aliphatic rings. The molecule has 1 aromatic heterocycles. The van der Waals surface area contributed by atoms with E-state index in [9.17, 15) is 0 Å². The topological polar surface area (TPSA) is 35.0 Å². The number of ether oxygens (including phenoxy) is 1. The summed E-state index contributed by atoms with van der Waals surface area (Å²) in [5.74, 6) is 0.754. The van der Waals surface area contributed by atoms with Crippen LogP contribution in [0.2, 0.25) is 0 Å². The molecule has 0 saturated carbocycles. The van der Waals surface area contributed by atoms with Gasteiger partial charge in [-0.2, -0.15) is 0 Å². The molecule has 0 aliphatic carbocycles. The molecular formula is C14H15IN2O. The van der Waals surface area contributed by atoms with Crippen LogP contribution in [-0.2, 0) is 5.41 Å². The lowest BCUT2D eigenvalue weighted by atomic mass is 9.87. The molecule has 4 heteroatoms. The summed E-state index contributed by atoms with van der Waals surface area (Å²) < 4.78 is 6.56. The van der Waals surface area contributed by atoms with Gasteiger partial charge in [0.2, 0.25) is 0 Å². The minimum absolute atomic E-state index is 0.151. The molecule has 0 unspecified atom stereocenters. The van der Waals surface area contributed by atoms with Crippen LogP contribution in [0.1, 0.15) is 26.3 Å². The van der Waals surface area contributed by atoms with Crippen molar-refractivity contribution in [1.82, 2.24) is 9.97 Å². The zero-order valence-corrected chi connectivity index (χ0v) is 12.8. The molecule has 94 valence electrons. The third-order valence-electron chi connectivity index (χ3n) is 2.53. The highest BCUT2D eigenvalue weighted by atomic mass is 127. The van der Waals surface area contributed by atoms with Gasteiger partial charge in [0.15, 0.2) is 0 Å². The van der Waals surface area contributed by atoms with Crippen LogP contribution in [0.15, 0.2) is 36.7 Å². The van der Waals surface area contributed by atoms with Gasteiger partial charge in [-0.05, 0) is 45.7 Å². The Morgan fingerprint density at radius 2 is 1.56 bits per heavy atom. The van der Waals surface area contributed by atoms with Crippen molar-refractivity contribution in [2.75, 3.05) is 0 Å². The summed E-state index contributed by atoms with van der Waals surface area (Å²) in [6.07, 6.45) is 3.46. The van der Waals surface area contributed by atoms with E-state index >= 15 is 0 Å². The van der Waals surface area contributed by atoms with Gasteiger partial charge in [0.05, 0.1) is 0 Å². The maximum Gasteiger partial charge on any atom is 0.321 e. The molecule has 0 N–H and O–H groups in total. The van der Waals surface area contributed by atoms with Crippen molar-refractivity contribution in [3.63, 3.8) is 0 Å². The largest absolute Gasteiger partial charge is 0.424 e. The molecule has 0 spiro atoms. The molecule has 1 aromatic carbocycles. The first-order valence-electron chi connectivity index (χ1n) is 5.71. The fraction of sp³-hybridized carbons (Fsp3) is 0.286. The fourth-order valence-corrected chi connectivity index (χ4v) is 1.76. The van der Waals surface area contributed by atoms with Crippen LogP contribution in [0.25, 0.3) is 0 Å². The number of hydrogen-bond donors (Lipinski definition) is 0. The minimum Gasteiger partial charge on any atom is -0.424 e. The van der Waals surface area contributed by atoms with Crippen molar-refractivity contribution < 1.29 is 4.74 Å². The Morgan fingerprint density at radius 1 is 1.00 bits per heavy atom. The monoisotopic (exact) mass is 354 g/mol. The van der Waals surface area contributed by atoms with E-state index in [0.29, 0.717) is 6.01 Å². The predicted octanol–water partition coefficient (Wildman–Crippen LogP) is 4.17. The summed E-state index contributed by atoms with van der Waals surface area (Å²) >= 11 is 2.16. The molecule has 0 radical (unpaired) electrons. The molecule has 0 amide bonds. The van der Waals surface area contributed by atoms with Crippen molar-refractivity contribution in [3.8, 4) is 11.8 Å². The second kappa shape index (κ2) is 5.22. The van der Waals surface area contributed by atoms with Crippen LogP contribution in [0, 0.1) is 3.57 Å². The van der Waals surface area contributed by atoms with Gasteiger partial charge in [-0.15, -0.1) is 0 Å². The Labute approximate surface area is 121 Å². The number of rotatable bonds is 2. The summed E-state index contributed by atoms with van der Waals surface area (Å²) in [5, 5.41) is 0. The number of aromatic nitrogens is 2. The zero-order valence-electron chi connectivity index (χ0n) is 10.6. The van der Waals surface area contributed by atoms with Gasteiger partial charge < -0.3 is 4.74 Å². The molecule has 0 saturated heterocycles. The minimum atomic E-state index is 0.151. The van der Waals surface area contributed by atoms with Crippen molar-refractivity contribution in [2.45, 2.75) is 26.2 Å². The van der Waals surface area contributed by atoms with Crippen LogP contribution >= 0.6 is 22.6 Å². The standard InChI is InChI=1S/C14H15IN2O/c1-14(2,3)10-4-6-12(7-5-10)18-13-16-8-11(15)9-17-13/h4-9H,1-3H3. The summed E-state index contributed by atoms with van der Waals surface area (Å²) in [4.78, 5) is 8.21. The lowest BCUT2D eigenvalue weighted by molar-refractivity contribution is 0.440.